The van der Waals surface area contributed by atoms with E-state index in [0.29, 0.717) is 21.7 Å². The molecule has 7 heteroatoms. The number of benzene rings is 1. The molecule has 3 atom stereocenters. The van der Waals surface area contributed by atoms with Gasteiger partial charge in [0.15, 0.2) is 0 Å². The lowest BCUT2D eigenvalue weighted by Gasteiger charge is -2.27. The van der Waals surface area contributed by atoms with E-state index < -0.39 is 6.10 Å². The number of carbonyl (C=O) groups excluding carboxylic acids is 1. The van der Waals surface area contributed by atoms with Crippen LogP contribution in [0.2, 0.25) is 10.0 Å². The molecule has 0 aromatic heterocycles. The van der Waals surface area contributed by atoms with Crippen LogP contribution in [0.5, 0.6) is 0 Å². The Bertz CT molecular complexity index is 493. The Labute approximate surface area is 147 Å². The molecule has 3 N–H and O–H groups in total. The van der Waals surface area contributed by atoms with Crippen molar-refractivity contribution in [2.24, 2.45) is 5.92 Å². The highest BCUT2D eigenvalue weighted by Gasteiger charge is 2.25. The van der Waals surface area contributed by atoms with Gasteiger partial charge in [0, 0.05) is 34.1 Å². The highest BCUT2D eigenvalue weighted by atomic mass is 35.5. The fourth-order valence-corrected chi connectivity index (χ4v) is 3.29. The van der Waals surface area contributed by atoms with Gasteiger partial charge in [0.25, 0.3) is 0 Å². The van der Waals surface area contributed by atoms with Gasteiger partial charge in [-0.3, -0.25) is 4.79 Å². The van der Waals surface area contributed by atoms with Crippen LogP contribution in [0, 0.1) is 5.92 Å². The molecule has 0 spiro atoms. The number of rotatable bonds is 4. The van der Waals surface area contributed by atoms with Gasteiger partial charge >= 0.3 is 0 Å². The lowest BCUT2D eigenvalue weighted by Crippen LogP contribution is -2.43. The van der Waals surface area contributed by atoms with E-state index >= 15 is 0 Å². The summed E-state index contributed by atoms with van der Waals surface area (Å²) < 4.78 is 0. The van der Waals surface area contributed by atoms with Gasteiger partial charge in [-0.25, -0.2) is 0 Å². The molecule has 1 heterocycles. The van der Waals surface area contributed by atoms with Crippen molar-refractivity contribution in [2.45, 2.75) is 31.9 Å². The highest BCUT2D eigenvalue weighted by molar-refractivity contribution is 6.36. The van der Waals surface area contributed by atoms with Crippen molar-refractivity contribution < 1.29 is 9.90 Å². The van der Waals surface area contributed by atoms with E-state index in [1.165, 1.54) is 0 Å². The van der Waals surface area contributed by atoms with Crippen LogP contribution < -0.4 is 10.6 Å². The third-order valence-electron chi connectivity index (χ3n) is 3.80. The molecule has 0 aliphatic carbocycles. The highest BCUT2D eigenvalue weighted by Crippen LogP contribution is 2.30. The molecular weight excluding hydrogens is 347 g/mol. The van der Waals surface area contributed by atoms with Crippen LogP contribution in [-0.2, 0) is 4.79 Å². The van der Waals surface area contributed by atoms with Gasteiger partial charge in [-0.2, -0.15) is 0 Å². The van der Waals surface area contributed by atoms with E-state index in [2.05, 4.69) is 17.6 Å². The first-order chi connectivity index (χ1) is 9.99. The van der Waals surface area contributed by atoms with E-state index in [-0.39, 0.29) is 30.8 Å². The summed E-state index contributed by atoms with van der Waals surface area (Å²) in [4.78, 5) is 12.1. The molecule has 22 heavy (non-hydrogen) atoms. The van der Waals surface area contributed by atoms with Gasteiger partial charge in [0.2, 0.25) is 5.91 Å². The molecule has 1 aliphatic heterocycles. The Kier molecular flexibility index (Phi) is 7.94. The van der Waals surface area contributed by atoms with Gasteiger partial charge in [0.05, 0.1) is 6.10 Å². The van der Waals surface area contributed by atoms with Crippen LogP contribution in [-0.4, -0.2) is 30.1 Å². The van der Waals surface area contributed by atoms with Crippen LogP contribution in [0.25, 0.3) is 0 Å². The molecule has 1 amide bonds. The van der Waals surface area contributed by atoms with Crippen molar-refractivity contribution in [3.05, 3.63) is 33.8 Å². The number of piperidine rings is 1. The van der Waals surface area contributed by atoms with Crippen LogP contribution in [0.3, 0.4) is 0 Å². The number of hydrogen-bond acceptors (Lipinski definition) is 3. The first-order valence-corrected chi connectivity index (χ1v) is 7.87. The number of halogens is 3. The number of nitrogens with one attached hydrogen (secondary N) is 2. The summed E-state index contributed by atoms with van der Waals surface area (Å²) in [7, 11) is 0. The van der Waals surface area contributed by atoms with Crippen molar-refractivity contribution in [1.29, 1.82) is 0 Å². The average molecular weight is 368 g/mol. The summed E-state index contributed by atoms with van der Waals surface area (Å²) in [6.45, 7) is 3.02. The fourth-order valence-electron chi connectivity index (χ4n) is 2.64. The molecule has 1 unspecified atom stereocenters. The number of aliphatic hydroxyl groups excluding tert-OH is 1. The van der Waals surface area contributed by atoms with Crippen LogP contribution >= 0.6 is 35.6 Å². The maximum atomic E-state index is 12.1. The summed E-state index contributed by atoms with van der Waals surface area (Å²) in [6.07, 6.45) is 0.725. The Morgan fingerprint density at radius 3 is 2.68 bits per heavy atom. The van der Waals surface area contributed by atoms with Crippen molar-refractivity contribution in [2.75, 3.05) is 13.1 Å². The topological polar surface area (TPSA) is 61.4 Å². The monoisotopic (exact) mass is 366 g/mol. The van der Waals surface area contributed by atoms with E-state index in [0.717, 1.165) is 19.4 Å². The van der Waals surface area contributed by atoms with Crippen LogP contribution in [0.1, 0.15) is 31.4 Å². The van der Waals surface area contributed by atoms with E-state index in [4.69, 9.17) is 23.2 Å². The predicted molar refractivity (Wildman–Crippen MR) is 91.9 cm³/mol. The van der Waals surface area contributed by atoms with Gasteiger partial charge in [-0.15, -0.1) is 12.4 Å². The summed E-state index contributed by atoms with van der Waals surface area (Å²) >= 11 is 12.1. The van der Waals surface area contributed by atoms with Crippen molar-refractivity contribution in [3.63, 3.8) is 0 Å². The Hall–Kier alpha value is -0.520. The minimum Gasteiger partial charge on any atom is -0.386 e. The zero-order chi connectivity index (χ0) is 15.4. The third kappa shape index (κ3) is 5.00. The summed E-state index contributed by atoms with van der Waals surface area (Å²) in [6, 6.07) is 5.40. The molecule has 0 radical (unpaired) electrons. The normalized spacial score (nSPS) is 22.5. The maximum absolute atomic E-state index is 12.1. The fraction of sp³-hybridized carbons (Fsp3) is 0.533. The zero-order valence-corrected chi connectivity index (χ0v) is 14.6. The van der Waals surface area contributed by atoms with E-state index in [1.807, 2.05) is 0 Å². The molecule has 2 rings (SSSR count). The smallest absolute Gasteiger partial charge is 0.223 e. The molecule has 1 saturated heterocycles. The van der Waals surface area contributed by atoms with Gasteiger partial charge in [-0.05, 0) is 38.4 Å². The number of hydrogen-bond donors (Lipinski definition) is 3. The molecule has 0 saturated carbocycles. The molecule has 1 aromatic carbocycles. The van der Waals surface area contributed by atoms with Gasteiger partial charge in [-0.1, -0.05) is 29.3 Å². The Morgan fingerprint density at radius 2 is 2.09 bits per heavy atom. The Morgan fingerprint density at radius 1 is 1.45 bits per heavy atom. The van der Waals surface area contributed by atoms with E-state index in [9.17, 15) is 9.90 Å². The largest absolute Gasteiger partial charge is 0.386 e. The lowest BCUT2D eigenvalue weighted by molar-refractivity contribution is -0.126. The first-order valence-electron chi connectivity index (χ1n) is 7.12. The second-order valence-electron chi connectivity index (χ2n) is 5.47. The standard InChI is InChI=1S/C15H20Cl2N2O2.ClH/c1-9-7-10(5-6-18-9)15(21)19-8-13(20)14-11(16)3-2-4-12(14)17;/h2-4,9-10,13,18,20H,5-8H2,1H3,(H,19,21);1H/t9-,10-,13?;/m0./s1. The molecule has 1 fully saturated rings. The quantitative estimate of drug-likeness (QED) is 0.767. The molecular formula is C15H21Cl3N2O2. The third-order valence-corrected chi connectivity index (χ3v) is 4.46. The number of aliphatic hydroxyl groups is 1. The second-order valence-corrected chi connectivity index (χ2v) is 6.29. The molecule has 4 nitrogen and oxygen atoms in total. The predicted octanol–water partition coefficient (Wildman–Crippen LogP) is 2.95. The number of carbonyl (C=O) groups is 1. The minimum atomic E-state index is -0.908. The van der Waals surface area contributed by atoms with E-state index in [1.54, 1.807) is 18.2 Å². The van der Waals surface area contributed by atoms with Gasteiger partial charge in [0.1, 0.15) is 0 Å². The first kappa shape index (κ1) is 19.5. The number of amides is 1. The maximum Gasteiger partial charge on any atom is 0.223 e. The molecule has 1 aliphatic rings. The average Bonchev–Trinajstić information content (AvgIpc) is 2.44. The second kappa shape index (κ2) is 8.94. The van der Waals surface area contributed by atoms with Crippen molar-refractivity contribution in [1.82, 2.24) is 10.6 Å². The van der Waals surface area contributed by atoms with Crippen LogP contribution in [0.15, 0.2) is 18.2 Å². The molecule has 124 valence electrons. The summed E-state index contributed by atoms with van der Waals surface area (Å²) in [5.41, 5.74) is 0.458. The summed E-state index contributed by atoms with van der Waals surface area (Å²) in [5.74, 6) is -0.0271. The Balaban J connectivity index is 0.00000242. The molecule has 1 aromatic rings. The van der Waals surface area contributed by atoms with Crippen molar-refractivity contribution >= 4 is 41.5 Å². The van der Waals surface area contributed by atoms with Crippen molar-refractivity contribution in [3.8, 4) is 0 Å². The zero-order valence-electron chi connectivity index (χ0n) is 12.3. The van der Waals surface area contributed by atoms with Gasteiger partial charge < -0.3 is 15.7 Å². The lowest BCUT2D eigenvalue weighted by atomic mass is 9.92. The minimum absolute atomic E-state index is 0. The summed E-state index contributed by atoms with van der Waals surface area (Å²) in [5, 5.41) is 17.1. The SMILES string of the molecule is C[C@H]1C[C@@H](C(=O)NCC(O)c2c(Cl)cccc2Cl)CCN1.Cl. The van der Waals surface area contributed by atoms with Crippen LogP contribution in [0.4, 0.5) is 0 Å². The molecule has 0 bridgehead atoms.